The van der Waals surface area contributed by atoms with Crippen molar-refractivity contribution in [3.63, 3.8) is 0 Å². The van der Waals surface area contributed by atoms with E-state index in [1.54, 1.807) is 18.5 Å². The maximum atomic E-state index is 13.2. The van der Waals surface area contributed by atoms with Crippen LogP contribution in [0.5, 0.6) is 0 Å². The molecule has 1 unspecified atom stereocenters. The highest BCUT2D eigenvalue weighted by Gasteiger charge is 2.46. The zero-order valence-corrected chi connectivity index (χ0v) is 17.0. The molecular formula is C24H23N5O2. The number of aromatic nitrogens is 2. The van der Waals surface area contributed by atoms with E-state index in [1.807, 2.05) is 30.3 Å². The lowest BCUT2D eigenvalue weighted by Crippen LogP contribution is -2.63. The molecule has 3 aromatic rings. The molecule has 7 heteroatoms. The van der Waals surface area contributed by atoms with Gasteiger partial charge in [-0.15, -0.1) is 0 Å². The molecule has 2 aromatic heterocycles. The molecule has 2 amide bonds. The van der Waals surface area contributed by atoms with Gasteiger partial charge in [0.05, 0.1) is 6.07 Å². The van der Waals surface area contributed by atoms with Gasteiger partial charge in [-0.2, -0.15) is 5.26 Å². The second-order valence-electron chi connectivity index (χ2n) is 8.48. The van der Waals surface area contributed by atoms with Crippen LogP contribution in [0.3, 0.4) is 0 Å². The monoisotopic (exact) mass is 413 g/mol. The molecule has 1 atom stereocenters. The average Bonchev–Trinajstić information content (AvgIpc) is 3.50. The van der Waals surface area contributed by atoms with Crippen LogP contribution in [-0.2, 0) is 4.79 Å². The van der Waals surface area contributed by atoms with Crippen molar-refractivity contribution in [2.75, 3.05) is 0 Å². The molecule has 0 bridgehead atoms. The van der Waals surface area contributed by atoms with Gasteiger partial charge in [0.1, 0.15) is 17.3 Å². The van der Waals surface area contributed by atoms with Crippen molar-refractivity contribution in [3.8, 4) is 6.07 Å². The van der Waals surface area contributed by atoms with Gasteiger partial charge in [0, 0.05) is 29.0 Å². The molecular weight excluding hydrogens is 390 g/mol. The molecule has 3 N–H and O–H groups in total. The third-order valence-corrected chi connectivity index (χ3v) is 6.38. The first-order valence-corrected chi connectivity index (χ1v) is 10.6. The largest absolute Gasteiger partial charge is 0.354 e. The number of H-pyrrole nitrogens is 1. The average molecular weight is 413 g/mol. The second kappa shape index (κ2) is 7.55. The molecule has 0 aliphatic heterocycles. The minimum Gasteiger partial charge on any atom is -0.354 e. The van der Waals surface area contributed by atoms with Gasteiger partial charge >= 0.3 is 0 Å². The van der Waals surface area contributed by atoms with E-state index in [4.69, 9.17) is 0 Å². The predicted octanol–water partition coefficient (Wildman–Crippen LogP) is 3.47. The van der Waals surface area contributed by atoms with Gasteiger partial charge in [-0.3, -0.25) is 14.6 Å². The van der Waals surface area contributed by atoms with E-state index in [0.717, 1.165) is 35.7 Å². The first kappa shape index (κ1) is 19.3. The third-order valence-electron chi connectivity index (χ3n) is 6.38. The smallest absolute Gasteiger partial charge is 0.268 e. The first-order valence-electron chi connectivity index (χ1n) is 10.6. The predicted molar refractivity (Wildman–Crippen MR) is 115 cm³/mol. The summed E-state index contributed by atoms with van der Waals surface area (Å²) in [5.74, 6) is -0.101. The van der Waals surface area contributed by atoms with Crippen molar-refractivity contribution < 1.29 is 9.59 Å². The Labute approximate surface area is 179 Å². The Morgan fingerprint density at radius 2 is 1.97 bits per heavy atom. The highest BCUT2D eigenvalue weighted by Crippen LogP contribution is 2.39. The van der Waals surface area contributed by atoms with Gasteiger partial charge in [0.25, 0.3) is 5.91 Å². The SMILES string of the molecule is N#CC(NC(=O)C1(NC(=O)c2ccc(C3CC3)[nH]2)CCC1)c1cncc2ccccc12. The molecule has 2 aliphatic carbocycles. The number of hydrogen-bond acceptors (Lipinski definition) is 4. The van der Waals surface area contributed by atoms with Crippen LogP contribution < -0.4 is 10.6 Å². The summed E-state index contributed by atoms with van der Waals surface area (Å²) >= 11 is 0. The Balaban J connectivity index is 1.34. The van der Waals surface area contributed by atoms with Gasteiger partial charge in [0.15, 0.2) is 0 Å². The molecule has 2 heterocycles. The Kier molecular flexibility index (Phi) is 4.70. The zero-order valence-electron chi connectivity index (χ0n) is 17.0. The van der Waals surface area contributed by atoms with Crippen LogP contribution in [0.4, 0.5) is 0 Å². The van der Waals surface area contributed by atoms with Crippen molar-refractivity contribution in [2.24, 2.45) is 0 Å². The molecule has 156 valence electrons. The third kappa shape index (κ3) is 3.55. The highest BCUT2D eigenvalue weighted by atomic mass is 16.2. The van der Waals surface area contributed by atoms with Crippen molar-refractivity contribution in [1.29, 1.82) is 5.26 Å². The number of fused-ring (bicyclic) bond motifs is 1. The fourth-order valence-electron chi connectivity index (χ4n) is 4.22. The first-order chi connectivity index (χ1) is 15.1. The number of benzene rings is 1. The second-order valence-corrected chi connectivity index (χ2v) is 8.48. The Morgan fingerprint density at radius 3 is 2.68 bits per heavy atom. The Hall–Kier alpha value is -3.66. The van der Waals surface area contributed by atoms with E-state index in [9.17, 15) is 14.9 Å². The summed E-state index contributed by atoms with van der Waals surface area (Å²) in [5.41, 5.74) is 1.20. The van der Waals surface area contributed by atoms with Crippen LogP contribution in [-0.4, -0.2) is 27.3 Å². The van der Waals surface area contributed by atoms with Gasteiger partial charge in [-0.05, 0) is 55.5 Å². The summed E-state index contributed by atoms with van der Waals surface area (Å²) in [5, 5.41) is 17.3. The van der Waals surface area contributed by atoms with Crippen LogP contribution in [0.2, 0.25) is 0 Å². The molecule has 31 heavy (non-hydrogen) atoms. The zero-order chi connectivity index (χ0) is 21.4. The molecule has 7 nitrogen and oxygen atoms in total. The van der Waals surface area contributed by atoms with Crippen LogP contribution >= 0.6 is 0 Å². The van der Waals surface area contributed by atoms with Gasteiger partial charge in [-0.25, -0.2) is 0 Å². The number of rotatable bonds is 6. The van der Waals surface area contributed by atoms with E-state index in [2.05, 4.69) is 26.7 Å². The minimum atomic E-state index is -0.991. The lowest BCUT2D eigenvalue weighted by Gasteiger charge is -2.41. The number of pyridine rings is 1. The van der Waals surface area contributed by atoms with E-state index < -0.39 is 11.6 Å². The lowest BCUT2D eigenvalue weighted by atomic mass is 9.75. The number of amides is 2. The standard InChI is InChI=1S/C24H23N5O2/c25-12-21(18-14-26-13-16-4-1-2-5-17(16)18)28-23(31)24(10-3-11-24)29-22(30)20-9-8-19(27-20)15-6-7-15/h1-2,4-5,8-9,13-15,21,27H,3,6-7,10-11H2,(H,28,31)(H,29,30). The number of carbonyl (C=O) groups is 2. The molecule has 0 saturated heterocycles. The number of nitrogens with zero attached hydrogens (tertiary/aromatic N) is 2. The summed E-state index contributed by atoms with van der Waals surface area (Å²) in [7, 11) is 0. The van der Waals surface area contributed by atoms with E-state index in [0.29, 0.717) is 30.0 Å². The molecule has 0 spiro atoms. The molecule has 2 saturated carbocycles. The van der Waals surface area contributed by atoms with Gasteiger partial charge < -0.3 is 15.6 Å². The Morgan fingerprint density at radius 1 is 1.16 bits per heavy atom. The number of nitrogens with one attached hydrogen (secondary N) is 3. The maximum absolute atomic E-state index is 13.2. The van der Waals surface area contributed by atoms with Crippen molar-refractivity contribution in [3.05, 3.63) is 65.7 Å². The van der Waals surface area contributed by atoms with Crippen molar-refractivity contribution in [2.45, 2.75) is 49.6 Å². The summed E-state index contributed by atoms with van der Waals surface area (Å²) in [6, 6.07) is 12.7. The van der Waals surface area contributed by atoms with Crippen LogP contribution in [0.1, 0.15) is 65.8 Å². The lowest BCUT2D eigenvalue weighted by molar-refractivity contribution is -0.131. The van der Waals surface area contributed by atoms with Crippen LogP contribution in [0, 0.1) is 11.3 Å². The molecule has 2 aliphatic rings. The number of aromatic amines is 1. The summed E-state index contributed by atoms with van der Waals surface area (Å²) in [4.78, 5) is 33.4. The quantitative estimate of drug-likeness (QED) is 0.574. The maximum Gasteiger partial charge on any atom is 0.268 e. The molecule has 1 aromatic carbocycles. The van der Waals surface area contributed by atoms with Crippen LogP contribution in [0.15, 0.2) is 48.8 Å². The van der Waals surface area contributed by atoms with Gasteiger partial charge in [0.2, 0.25) is 5.91 Å². The van der Waals surface area contributed by atoms with E-state index in [1.165, 1.54) is 0 Å². The van der Waals surface area contributed by atoms with Crippen molar-refractivity contribution >= 4 is 22.6 Å². The normalized spacial score (nSPS) is 17.9. The Bertz CT molecular complexity index is 1190. The molecule has 5 rings (SSSR count). The van der Waals surface area contributed by atoms with Crippen molar-refractivity contribution in [1.82, 2.24) is 20.6 Å². The summed E-state index contributed by atoms with van der Waals surface area (Å²) in [6.45, 7) is 0. The highest BCUT2D eigenvalue weighted by molar-refractivity contribution is 5.99. The number of nitriles is 1. The fourth-order valence-corrected chi connectivity index (χ4v) is 4.22. The number of hydrogen-bond donors (Lipinski definition) is 3. The van der Waals surface area contributed by atoms with Crippen LogP contribution in [0.25, 0.3) is 10.8 Å². The van der Waals surface area contributed by atoms with E-state index in [-0.39, 0.29) is 11.8 Å². The van der Waals surface area contributed by atoms with Gasteiger partial charge in [-0.1, -0.05) is 24.3 Å². The molecule has 0 radical (unpaired) electrons. The van der Waals surface area contributed by atoms with E-state index >= 15 is 0 Å². The minimum absolute atomic E-state index is 0.290. The summed E-state index contributed by atoms with van der Waals surface area (Å²) in [6.07, 6.45) is 7.58. The molecule has 2 fully saturated rings. The fraction of sp³-hybridized carbons (Fsp3) is 0.333. The summed E-state index contributed by atoms with van der Waals surface area (Å²) < 4.78 is 0. The topological polar surface area (TPSA) is 111 Å². The number of carbonyl (C=O) groups excluding carboxylic acids is 2.